The summed E-state index contributed by atoms with van der Waals surface area (Å²) in [6, 6.07) is 6.72. The van der Waals surface area contributed by atoms with E-state index in [0.29, 0.717) is 10.6 Å². The molecule has 0 heterocycles. The van der Waals surface area contributed by atoms with Crippen molar-refractivity contribution in [1.29, 1.82) is 0 Å². The van der Waals surface area contributed by atoms with Gasteiger partial charge in [-0.15, -0.1) is 0 Å². The molecule has 1 rings (SSSR count). The zero-order chi connectivity index (χ0) is 12.1. The van der Waals surface area contributed by atoms with E-state index in [0.717, 1.165) is 7.11 Å². The van der Waals surface area contributed by atoms with Crippen LogP contribution in [0.4, 0.5) is 0 Å². The molecule has 4 nitrogen and oxygen atoms in total. The molecular weight excluding hydrogens is 232 g/mol. The van der Waals surface area contributed by atoms with Gasteiger partial charge in [0.15, 0.2) is 5.92 Å². The molecule has 86 valence electrons. The van der Waals surface area contributed by atoms with Crippen molar-refractivity contribution >= 4 is 23.5 Å². The molecular formula is C11H11ClO4. The SMILES string of the molecule is COC(=O)C(Cc1cccc(Cl)c1)C(=O)O. The predicted molar refractivity (Wildman–Crippen MR) is 58.3 cm³/mol. The Morgan fingerprint density at radius 1 is 1.50 bits per heavy atom. The van der Waals surface area contributed by atoms with Crippen LogP contribution in [-0.4, -0.2) is 24.2 Å². The molecule has 0 saturated heterocycles. The Bertz CT molecular complexity index is 403. The Kier molecular flexibility index (Phi) is 4.31. The number of carbonyl (C=O) groups excluding carboxylic acids is 1. The molecule has 1 aromatic carbocycles. The first-order valence-electron chi connectivity index (χ1n) is 4.59. The number of carboxylic acids is 1. The van der Waals surface area contributed by atoms with Gasteiger partial charge in [-0.2, -0.15) is 0 Å². The molecule has 1 atom stereocenters. The summed E-state index contributed by atoms with van der Waals surface area (Å²) in [6.07, 6.45) is 0.0720. The maximum atomic E-state index is 11.2. The molecule has 0 fully saturated rings. The summed E-state index contributed by atoms with van der Waals surface area (Å²) >= 11 is 5.76. The van der Waals surface area contributed by atoms with E-state index in [1.54, 1.807) is 24.3 Å². The number of esters is 1. The molecule has 0 saturated carbocycles. The lowest BCUT2D eigenvalue weighted by Crippen LogP contribution is -2.27. The number of methoxy groups -OCH3 is 1. The lowest BCUT2D eigenvalue weighted by Gasteiger charge is -2.09. The molecule has 1 unspecified atom stereocenters. The van der Waals surface area contributed by atoms with Crippen LogP contribution in [0.3, 0.4) is 0 Å². The smallest absolute Gasteiger partial charge is 0.320 e. The van der Waals surface area contributed by atoms with Crippen molar-refractivity contribution in [3.63, 3.8) is 0 Å². The topological polar surface area (TPSA) is 63.6 Å². The third kappa shape index (κ3) is 3.24. The molecule has 0 aliphatic heterocycles. The van der Waals surface area contributed by atoms with E-state index in [1.807, 2.05) is 0 Å². The number of carboxylic acid groups (broad SMARTS) is 1. The van der Waals surface area contributed by atoms with Crippen molar-refractivity contribution in [3.8, 4) is 0 Å². The van der Waals surface area contributed by atoms with Gasteiger partial charge in [-0.1, -0.05) is 23.7 Å². The second-order valence-corrected chi connectivity index (χ2v) is 3.68. The number of aliphatic carboxylic acids is 1. The van der Waals surface area contributed by atoms with Crippen molar-refractivity contribution in [2.45, 2.75) is 6.42 Å². The monoisotopic (exact) mass is 242 g/mol. The number of rotatable bonds is 4. The molecule has 0 bridgehead atoms. The highest BCUT2D eigenvalue weighted by molar-refractivity contribution is 6.30. The van der Waals surface area contributed by atoms with Crippen LogP contribution in [0.1, 0.15) is 5.56 Å². The van der Waals surface area contributed by atoms with Gasteiger partial charge >= 0.3 is 11.9 Å². The van der Waals surface area contributed by atoms with E-state index in [-0.39, 0.29) is 6.42 Å². The summed E-state index contributed by atoms with van der Waals surface area (Å²) < 4.78 is 4.42. The standard InChI is InChI=1S/C11H11ClO4/c1-16-11(15)9(10(13)14)6-7-3-2-4-8(12)5-7/h2-5,9H,6H2,1H3,(H,13,14). The highest BCUT2D eigenvalue weighted by atomic mass is 35.5. The van der Waals surface area contributed by atoms with Crippen LogP contribution in [0.5, 0.6) is 0 Å². The molecule has 0 spiro atoms. The van der Waals surface area contributed by atoms with Gasteiger partial charge in [-0.05, 0) is 24.1 Å². The van der Waals surface area contributed by atoms with Gasteiger partial charge in [-0.3, -0.25) is 9.59 Å². The third-order valence-corrected chi connectivity index (χ3v) is 2.35. The summed E-state index contributed by atoms with van der Waals surface area (Å²) in [6.45, 7) is 0. The second kappa shape index (κ2) is 5.51. The molecule has 16 heavy (non-hydrogen) atoms. The molecule has 0 amide bonds. The van der Waals surface area contributed by atoms with Crippen LogP contribution in [0, 0.1) is 5.92 Å². The fraction of sp³-hybridized carbons (Fsp3) is 0.273. The van der Waals surface area contributed by atoms with Crippen molar-refractivity contribution < 1.29 is 19.4 Å². The minimum Gasteiger partial charge on any atom is -0.481 e. The molecule has 0 radical (unpaired) electrons. The quantitative estimate of drug-likeness (QED) is 0.646. The fourth-order valence-corrected chi connectivity index (χ4v) is 1.53. The van der Waals surface area contributed by atoms with Crippen LogP contribution < -0.4 is 0 Å². The Balaban J connectivity index is 2.84. The minimum atomic E-state index is -1.20. The summed E-state index contributed by atoms with van der Waals surface area (Å²) in [4.78, 5) is 22.1. The highest BCUT2D eigenvalue weighted by Crippen LogP contribution is 2.15. The van der Waals surface area contributed by atoms with E-state index < -0.39 is 17.9 Å². The maximum Gasteiger partial charge on any atom is 0.320 e. The molecule has 1 N–H and O–H groups in total. The first-order valence-corrected chi connectivity index (χ1v) is 4.97. The van der Waals surface area contributed by atoms with Crippen LogP contribution >= 0.6 is 11.6 Å². The summed E-state index contributed by atoms with van der Waals surface area (Å²) in [5.41, 5.74) is 0.685. The Labute approximate surface area is 97.8 Å². The number of benzene rings is 1. The predicted octanol–water partition coefficient (Wildman–Crippen LogP) is 1.76. The largest absolute Gasteiger partial charge is 0.481 e. The van der Waals surface area contributed by atoms with Gasteiger partial charge in [0, 0.05) is 5.02 Å². The number of hydrogen-bond donors (Lipinski definition) is 1. The molecule has 1 aromatic rings. The van der Waals surface area contributed by atoms with Crippen LogP contribution in [0.25, 0.3) is 0 Å². The zero-order valence-electron chi connectivity index (χ0n) is 8.64. The Morgan fingerprint density at radius 3 is 2.69 bits per heavy atom. The average molecular weight is 243 g/mol. The molecule has 5 heteroatoms. The minimum absolute atomic E-state index is 0.0720. The van der Waals surface area contributed by atoms with Gasteiger partial charge in [0.05, 0.1) is 7.11 Å². The van der Waals surface area contributed by atoms with Gasteiger partial charge in [0.25, 0.3) is 0 Å². The lowest BCUT2D eigenvalue weighted by atomic mass is 10.00. The van der Waals surface area contributed by atoms with E-state index in [1.165, 1.54) is 0 Å². The fourth-order valence-electron chi connectivity index (χ4n) is 1.31. The van der Waals surface area contributed by atoms with E-state index in [4.69, 9.17) is 16.7 Å². The summed E-state index contributed by atoms with van der Waals surface area (Å²) in [5.74, 6) is -3.15. The number of halogens is 1. The van der Waals surface area contributed by atoms with Gasteiger partial charge in [0.2, 0.25) is 0 Å². The first-order chi connectivity index (χ1) is 7.54. The van der Waals surface area contributed by atoms with E-state index >= 15 is 0 Å². The molecule has 0 aliphatic carbocycles. The summed E-state index contributed by atoms with van der Waals surface area (Å²) in [7, 11) is 1.16. The highest BCUT2D eigenvalue weighted by Gasteiger charge is 2.27. The molecule has 0 aliphatic rings. The Hall–Kier alpha value is -1.55. The number of carbonyl (C=O) groups is 2. The summed E-state index contributed by atoms with van der Waals surface area (Å²) in [5, 5.41) is 9.38. The first kappa shape index (κ1) is 12.5. The van der Waals surface area contributed by atoms with E-state index in [2.05, 4.69) is 4.74 Å². The maximum absolute atomic E-state index is 11.2. The second-order valence-electron chi connectivity index (χ2n) is 3.25. The lowest BCUT2D eigenvalue weighted by molar-refractivity contribution is -0.156. The zero-order valence-corrected chi connectivity index (χ0v) is 9.40. The van der Waals surface area contributed by atoms with Crippen LogP contribution in [0.2, 0.25) is 5.02 Å². The normalized spacial score (nSPS) is 11.9. The Morgan fingerprint density at radius 2 is 2.19 bits per heavy atom. The van der Waals surface area contributed by atoms with Crippen molar-refractivity contribution in [3.05, 3.63) is 34.9 Å². The third-order valence-electron chi connectivity index (χ3n) is 2.11. The van der Waals surface area contributed by atoms with Crippen LogP contribution in [0.15, 0.2) is 24.3 Å². The van der Waals surface area contributed by atoms with Gasteiger partial charge in [-0.25, -0.2) is 0 Å². The van der Waals surface area contributed by atoms with Crippen molar-refractivity contribution in [1.82, 2.24) is 0 Å². The van der Waals surface area contributed by atoms with Gasteiger partial charge < -0.3 is 9.84 Å². The average Bonchev–Trinajstić information content (AvgIpc) is 2.24. The number of hydrogen-bond acceptors (Lipinski definition) is 3. The van der Waals surface area contributed by atoms with Crippen molar-refractivity contribution in [2.75, 3.05) is 7.11 Å². The number of ether oxygens (including phenoxy) is 1. The van der Waals surface area contributed by atoms with Gasteiger partial charge in [0.1, 0.15) is 0 Å². The molecule has 0 aromatic heterocycles. The van der Waals surface area contributed by atoms with E-state index in [9.17, 15) is 9.59 Å². The van der Waals surface area contributed by atoms with Crippen LogP contribution in [-0.2, 0) is 20.7 Å². The van der Waals surface area contributed by atoms with Crippen molar-refractivity contribution in [2.24, 2.45) is 5.92 Å².